The summed E-state index contributed by atoms with van der Waals surface area (Å²) in [7, 11) is 0. The maximum Gasteiger partial charge on any atom is 0.574 e. The molecule has 0 N–H and O–H groups in total. The third kappa shape index (κ3) is 3.78. The van der Waals surface area contributed by atoms with Gasteiger partial charge in [0.25, 0.3) is 6.43 Å². The molecule has 0 radical (unpaired) electrons. The van der Waals surface area contributed by atoms with Gasteiger partial charge in [-0.2, -0.15) is 10.5 Å². The van der Waals surface area contributed by atoms with Crippen LogP contribution in [0.5, 0.6) is 5.88 Å². The van der Waals surface area contributed by atoms with Crippen molar-refractivity contribution >= 4 is 0 Å². The fraction of sp³-hybridized carbons (Fsp3) is 0.300. The molecule has 0 aliphatic rings. The first-order valence-electron chi connectivity index (χ1n) is 4.63. The summed E-state index contributed by atoms with van der Waals surface area (Å²) >= 11 is 0. The largest absolute Gasteiger partial charge is 0.574 e. The average molecular weight is 277 g/mol. The van der Waals surface area contributed by atoms with E-state index in [9.17, 15) is 22.0 Å². The summed E-state index contributed by atoms with van der Waals surface area (Å²) in [5.74, 6) is -1.17. The molecule has 4 nitrogen and oxygen atoms in total. The molecular weight excluding hydrogens is 273 g/mol. The van der Waals surface area contributed by atoms with E-state index in [4.69, 9.17) is 10.5 Å². The number of ether oxygens (including phenoxy) is 1. The van der Waals surface area contributed by atoms with Gasteiger partial charge in [-0.1, -0.05) is 0 Å². The van der Waals surface area contributed by atoms with Crippen LogP contribution in [0, 0.1) is 22.7 Å². The van der Waals surface area contributed by atoms with Gasteiger partial charge in [-0.3, -0.25) is 0 Å². The number of aromatic nitrogens is 1. The molecule has 0 spiro atoms. The molecule has 0 saturated carbocycles. The van der Waals surface area contributed by atoms with Gasteiger partial charge in [0.2, 0.25) is 5.88 Å². The lowest BCUT2D eigenvalue weighted by atomic mass is 10.0. The average Bonchev–Trinajstić information content (AvgIpc) is 2.28. The maximum absolute atomic E-state index is 12.7. The topological polar surface area (TPSA) is 69.7 Å². The summed E-state index contributed by atoms with van der Waals surface area (Å²) in [5, 5.41) is 17.2. The quantitative estimate of drug-likeness (QED) is 0.796. The third-order valence-corrected chi connectivity index (χ3v) is 1.94. The van der Waals surface area contributed by atoms with Crippen LogP contribution in [-0.2, 0) is 6.42 Å². The van der Waals surface area contributed by atoms with Crippen LogP contribution in [0.3, 0.4) is 0 Å². The molecule has 19 heavy (non-hydrogen) atoms. The van der Waals surface area contributed by atoms with E-state index in [1.165, 1.54) is 12.1 Å². The van der Waals surface area contributed by atoms with Crippen molar-refractivity contribution in [3.63, 3.8) is 0 Å². The van der Waals surface area contributed by atoms with Crippen LogP contribution < -0.4 is 4.74 Å². The molecule has 0 aromatic carbocycles. The first-order valence-corrected chi connectivity index (χ1v) is 4.63. The lowest BCUT2D eigenvalue weighted by molar-refractivity contribution is -0.276. The number of rotatable bonds is 3. The molecule has 100 valence electrons. The van der Waals surface area contributed by atoms with Crippen molar-refractivity contribution in [2.24, 2.45) is 0 Å². The van der Waals surface area contributed by atoms with Gasteiger partial charge in [0.05, 0.1) is 24.1 Å². The predicted octanol–water partition coefficient (Wildman–Crippen LogP) is 2.86. The highest BCUT2D eigenvalue weighted by atomic mass is 19.4. The first-order chi connectivity index (χ1) is 8.78. The Morgan fingerprint density at radius 1 is 1.32 bits per heavy atom. The monoisotopic (exact) mass is 277 g/mol. The molecule has 0 amide bonds. The molecule has 0 aliphatic heterocycles. The van der Waals surface area contributed by atoms with E-state index in [-0.39, 0.29) is 0 Å². The smallest absolute Gasteiger partial charge is 0.388 e. The summed E-state index contributed by atoms with van der Waals surface area (Å²) < 4.78 is 64.6. The van der Waals surface area contributed by atoms with Gasteiger partial charge in [-0.25, -0.2) is 13.8 Å². The predicted molar refractivity (Wildman–Crippen MR) is 49.9 cm³/mol. The van der Waals surface area contributed by atoms with E-state index in [1.54, 1.807) is 0 Å². The van der Waals surface area contributed by atoms with Crippen LogP contribution in [0.15, 0.2) is 6.07 Å². The van der Waals surface area contributed by atoms with E-state index in [1.807, 2.05) is 0 Å². The molecule has 9 heteroatoms. The van der Waals surface area contributed by atoms with Crippen LogP contribution in [0.25, 0.3) is 0 Å². The van der Waals surface area contributed by atoms with E-state index in [0.29, 0.717) is 6.07 Å². The molecule has 0 unspecified atom stereocenters. The number of nitrogens with zero attached hydrogens (tertiary/aromatic N) is 3. The second-order valence-electron chi connectivity index (χ2n) is 3.17. The second kappa shape index (κ2) is 5.48. The minimum atomic E-state index is -5.12. The van der Waals surface area contributed by atoms with E-state index >= 15 is 0 Å². The van der Waals surface area contributed by atoms with Gasteiger partial charge < -0.3 is 4.74 Å². The number of halogens is 5. The number of alkyl halides is 5. The van der Waals surface area contributed by atoms with Crippen molar-refractivity contribution in [3.8, 4) is 18.0 Å². The number of nitriles is 2. The molecule has 1 rings (SSSR count). The maximum atomic E-state index is 12.7. The van der Waals surface area contributed by atoms with Crippen molar-refractivity contribution in [1.29, 1.82) is 10.5 Å². The van der Waals surface area contributed by atoms with E-state index in [0.717, 1.165) is 0 Å². The standard InChI is InChI=1S/C10H4F5N3O/c11-9(12)8-6(1-2-16)5(4-17)3-7(18-8)19-10(13,14)15/h3,9H,1H2. The minimum absolute atomic E-state index is 0.408. The molecule has 1 aromatic rings. The zero-order valence-electron chi connectivity index (χ0n) is 9.00. The third-order valence-electron chi connectivity index (χ3n) is 1.94. The summed E-state index contributed by atoms with van der Waals surface area (Å²) in [5.41, 5.74) is -1.99. The van der Waals surface area contributed by atoms with E-state index in [2.05, 4.69) is 9.72 Å². The fourth-order valence-corrected chi connectivity index (χ4v) is 1.28. The van der Waals surface area contributed by atoms with Crippen molar-refractivity contribution in [2.45, 2.75) is 19.2 Å². The molecule has 0 atom stereocenters. The Bertz CT molecular complexity index is 556. The Balaban J connectivity index is 3.38. The lowest BCUT2D eigenvalue weighted by Crippen LogP contribution is -2.19. The van der Waals surface area contributed by atoms with Crippen LogP contribution in [0.2, 0.25) is 0 Å². The van der Waals surface area contributed by atoms with Crippen molar-refractivity contribution < 1.29 is 26.7 Å². The van der Waals surface area contributed by atoms with Crippen molar-refractivity contribution in [3.05, 3.63) is 22.9 Å². The zero-order chi connectivity index (χ0) is 14.6. The second-order valence-corrected chi connectivity index (χ2v) is 3.17. The molecular formula is C10H4F5N3O. The normalized spacial score (nSPS) is 10.9. The van der Waals surface area contributed by atoms with Crippen LogP contribution in [0.4, 0.5) is 22.0 Å². The summed E-state index contributed by atoms with van der Waals surface area (Å²) in [6.07, 6.45) is -8.91. The Morgan fingerprint density at radius 3 is 2.37 bits per heavy atom. The molecule has 0 saturated heterocycles. The first kappa shape index (κ1) is 14.6. The van der Waals surface area contributed by atoms with Crippen LogP contribution in [-0.4, -0.2) is 11.3 Å². The minimum Gasteiger partial charge on any atom is -0.388 e. The van der Waals surface area contributed by atoms with Crippen LogP contribution in [0.1, 0.15) is 23.2 Å². The Hall–Kier alpha value is -2.42. The highest BCUT2D eigenvalue weighted by Crippen LogP contribution is 2.29. The van der Waals surface area contributed by atoms with Gasteiger partial charge in [0.1, 0.15) is 5.69 Å². The van der Waals surface area contributed by atoms with Crippen molar-refractivity contribution in [1.82, 2.24) is 4.98 Å². The number of hydrogen-bond donors (Lipinski definition) is 0. The SMILES string of the molecule is N#CCc1c(C#N)cc(OC(F)(F)F)nc1C(F)F. The van der Waals surface area contributed by atoms with Crippen molar-refractivity contribution in [2.75, 3.05) is 0 Å². The lowest BCUT2D eigenvalue weighted by Gasteiger charge is -2.12. The summed E-state index contributed by atoms with van der Waals surface area (Å²) in [4.78, 5) is 2.99. The number of hydrogen-bond acceptors (Lipinski definition) is 4. The highest BCUT2D eigenvalue weighted by molar-refractivity contribution is 5.45. The highest BCUT2D eigenvalue weighted by Gasteiger charge is 2.33. The molecule has 1 heterocycles. The number of pyridine rings is 1. The summed E-state index contributed by atoms with van der Waals surface area (Å²) in [6.45, 7) is 0. The molecule has 1 aromatic heterocycles. The molecule has 0 bridgehead atoms. The summed E-state index contributed by atoms with van der Waals surface area (Å²) in [6, 6.07) is 3.53. The Kier molecular flexibility index (Phi) is 4.22. The van der Waals surface area contributed by atoms with Gasteiger partial charge in [-0.05, 0) is 0 Å². The van der Waals surface area contributed by atoms with Gasteiger partial charge >= 0.3 is 6.36 Å². The zero-order valence-corrected chi connectivity index (χ0v) is 9.00. The Morgan fingerprint density at radius 2 is 1.95 bits per heavy atom. The van der Waals surface area contributed by atoms with E-state index < -0.39 is 41.9 Å². The van der Waals surface area contributed by atoms with Gasteiger partial charge in [0, 0.05) is 11.6 Å². The van der Waals surface area contributed by atoms with Gasteiger partial charge in [0.15, 0.2) is 0 Å². The Labute approximate surface area is 103 Å². The van der Waals surface area contributed by atoms with Gasteiger partial charge in [-0.15, -0.1) is 13.2 Å². The van der Waals surface area contributed by atoms with Crippen LogP contribution >= 0.6 is 0 Å². The molecule has 0 fully saturated rings. The molecule has 0 aliphatic carbocycles. The fourth-order valence-electron chi connectivity index (χ4n) is 1.28.